The highest BCUT2D eigenvalue weighted by Gasteiger charge is 2.20. The monoisotopic (exact) mass is 318 g/mol. The summed E-state index contributed by atoms with van der Waals surface area (Å²) in [5.74, 6) is 0. The van der Waals surface area contributed by atoms with E-state index in [-0.39, 0.29) is 5.56 Å². The summed E-state index contributed by atoms with van der Waals surface area (Å²) in [5, 5.41) is 0.836. The van der Waals surface area contributed by atoms with Gasteiger partial charge in [0, 0.05) is 4.88 Å². The lowest BCUT2D eigenvalue weighted by atomic mass is 10.2. The number of thiophene rings is 1. The number of nitrogens with one attached hydrogen (secondary N) is 1. The van der Waals surface area contributed by atoms with Crippen molar-refractivity contribution in [1.82, 2.24) is 9.97 Å². The second-order valence-electron chi connectivity index (χ2n) is 3.39. The first-order valence-electron chi connectivity index (χ1n) is 4.46. The molecule has 0 spiro atoms. The number of aromatic amines is 1. The van der Waals surface area contributed by atoms with Gasteiger partial charge in [-0.2, -0.15) is 0 Å². The van der Waals surface area contributed by atoms with Crippen molar-refractivity contribution in [2.24, 2.45) is 0 Å². The first-order valence-corrected chi connectivity index (χ1v) is 6.35. The topological polar surface area (TPSA) is 45.8 Å². The molecule has 0 unspecified atom stereocenters. The Morgan fingerprint density at radius 2 is 2.29 bits per heavy atom. The smallest absolute Gasteiger partial charge is 0.260 e. The van der Waals surface area contributed by atoms with Crippen LogP contribution in [0.25, 0.3) is 10.2 Å². The molecule has 3 nitrogen and oxygen atoms in total. The zero-order valence-electron chi connectivity index (χ0n) is 7.26. The van der Waals surface area contributed by atoms with E-state index in [1.807, 2.05) is 22.6 Å². The van der Waals surface area contributed by atoms with Crippen LogP contribution in [-0.4, -0.2) is 9.97 Å². The zero-order valence-corrected chi connectivity index (χ0v) is 10.2. The second-order valence-corrected chi connectivity index (χ2v) is 5.50. The van der Waals surface area contributed by atoms with Gasteiger partial charge in [-0.15, -0.1) is 11.3 Å². The van der Waals surface area contributed by atoms with Crippen LogP contribution in [0.4, 0.5) is 0 Å². The minimum absolute atomic E-state index is 0.0267. The van der Waals surface area contributed by atoms with Crippen molar-refractivity contribution in [2.45, 2.75) is 19.3 Å². The number of halogens is 1. The molecular formula is C9H7IN2OS. The first-order chi connectivity index (χ1) is 6.75. The third-order valence-corrected chi connectivity index (χ3v) is 4.24. The molecule has 14 heavy (non-hydrogen) atoms. The van der Waals surface area contributed by atoms with Crippen LogP contribution in [0.2, 0.25) is 0 Å². The normalized spacial score (nSPS) is 14.9. The average Bonchev–Trinajstić information content (AvgIpc) is 2.60. The maximum Gasteiger partial charge on any atom is 0.260 e. The largest absolute Gasteiger partial charge is 0.301 e. The van der Waals surface area contributed by atoms with Gasteiger partial charge < -0.3 is 4.98 Å². The molecule has 1 aliphatic rings. The van der Waals surface area contributed by atoms with Gasteiger partial charge in [0.2, 0.25) is 0 Å². The highest BCUT2D eigenvalue weighted by Crippen LogP contribution is 2.34. The average molecular weight is 318 g/mol. The second kappa shape index (κ2) is 3.03. The Labute approximate surface area is 97.7 Å². The molecule has 2 aromatic heterocycles. The molecule has 2 aromatic rings. The fourth-order valence-electron chi connectivity index (χ4n) is 1.98. The summed E-state index contributed by atoms with van der Waals surface area (Å²) in [6.07, 6.45) is 3.34. The summed E-state index contributed by atoms with van der Waals surface area (Å²) in [6, 6.07) is 0. The van der Waals surface area contributed by atoms with Crippen molar-refractivity contribution in [1.29, 1.82) is 0 Å². The van der Waals surface area contributed by atoms with E-state index in [2.05, 4.69) is 9.97 Å². The first kappa shape index (κ1) is 8.84. The Bertz CT molecular complexity index is 572. The van der Waals surface area contributed by atoms with Gasteiger partial charge in [-0.3, -0.25) is 4.79 Å². The summed E-state index contributed by atoms with van der Waals surface area (Å²) in [7, 11) is 0. The van der Waals surface area contributed by atoms with Crippen molar-refractivity contribution >= 4 is 44.1 Å². The van der Waals surface area contributed by atoms with Gasteiger partial charge in [-0.25, -0.2) is 4.98 Å². The number of aromatic nitrogens is 2. The highest BCUT2D eigenvalue weighted by atomic mass is 127. The molecule has 0 fully saturated rings. The van der Waals surface area contributed by atoms with Gasteiger partial charge in [0.25, 0.3) is 5.56 Å². The summed E-state index contributed by atoms with van der Waals surface area (Å²) in [5.41, 5.74) is 1.27. The van der Waals surface area contributed by atoms with Crippen molar-refractivity contribution < 1.29 is 0 Å². The van der Waals surface area contributed by atoms with E-state index in [9.17, 15) is 4.79 Å². The molecule has 0 bridgehead atoms. The van der Waals surface area contributed by atoms with Crippen LogP contribution in [0, 0.1) is 3.83 Å². The minimum Gasteiger partial charge on any atom is -0.301 e. The molecule has 0 radical (unpaired) electrons. The third-order valence-electron chi connectivity index (χ3n) is 2.55. The highest BCUT2D eigenvalue weighted by molar-refractivity contribution is 14.1. The summed E-state index contributed by atoms with van der Waals surface area (Å²) < 4.78 is 0.681. The van der Waals surface area contributed by atoms with Crippen LogP contribution in [0.1, 0.15) is 16.9 Å². The molecule has 5 heteroatoms. The fourth-order valence-corrected chi connectivity index (χ4v) is 3.89. The van der Waals surface area contributed by atoms with E-state index in [0.717, 1.165) is 23.1 Å². The van der Waals surface area contributed by atoms with Gasteiger partial charge in [0.15, 0.2) is 3.83 Å². The lowest BCUT2D eigenvalue weighted by Crippen LogP contribution is -2.09. The molecular weight excluding hydrogens is 311 g/mol. The van der Waals surface area contributed by atoms with E-state index < -0.39 is 0 Å². The van der Waals surface area contributed by atoms with Crippen LogP contribution in [0.3, 0.4) is 0 Å². The van der Waals surface area contributed by atoms with Crippen LogP contribution in [-0.2, 0) is 12.8 Å². The number of fused-ring (bicyclic) bond motifs is 3. The van der Waals surface area contributed by atoms with Crippen molar-refractivity contribution in [3.63, 3.8) is 0 Å². The molecule has 3 rings (SSSR count). The molecule has 2 heterocycles. The van der Waals surface area contributed by atoms with Crippen LogP contribution in [0.5, 0.6) is 0 Å². The predicted molar refractivity (Wildman–Crippen MR) is 65.0 cm³/mol. The van der Waals surface area contributed by atoms with Crippen molar-refractivity contribution in [2.75, 3.05) is 0 Å². The maximum absolute atomic E-state index is 11.7. The predicted octanol–water partition coefficient (Wildman–Crippen LogP) is 2.08. The van der Waals surface area contributed by atoms with E-state index in [0.29, 0.717) is 3.83 Å². The van der Waals surface area contributed by atoms with E-state index in [1.165, 1.54) is 16.9 Å². The summed E-state index contributed by atoms with van der Waals surface area (Å²) in [4.78, 5) is 21.1. The van der Waals surface area contributed by atoms with Crippen molar-refractivity contribution in [3.05, 3.63) is 24.6 Å². The van der Waals surface area contributed by atoms with Crippen LogP contribution < -0.4 is 5.56 Å². The number of rotatable bonds is 0. The summed E-state index contributed by atoms with van der Waals surface area (Å²) >= 11 is 3.72. The van der Waals surface area contributed by atoms with Crippen LogP contribution >= 0.6 is 33.9 Å². The maximum atomic E-state index is 11.7. The number of hydrogen-bond acceptors (Lipinski definition) is 3. The van der Waals surface area contributed by atoms with Gasteiger partial charge in [0.1, 0.15) is 4.83 Å². The molecule has 0 saturated heterocycles. The fraction of sp³-hybridized carbons (Fsp3) is 0.333. The number of hydrogen-bond donors (Lipinski definition) is 1. The minimum atomic E-state index is 0.0267. The van der Waals surface area contributed by atoms with E-state index >= 15 is 0 Å². The van der Waals surface area contributed by atoms with Gasteiger partial charge in [-0.05, 0) is 47.4 Å². The number of H-pyrrole nitrogens is 1. The third kappa shape index (κ3) is 1.15. The van der Waals surface area contributed by atoms with Crippen LogP contribution in [0.15, 0.2) is 4.79 Å². The SMILES string of the molecule is O=c1[nH]c(I)nc2sc3c(c12)CCC3. The van der Waals surface area contributed by atoms with Gasteiger partial charge in [0.05, 0.1) is 5.39 Å². The Morgan fingerprint density at radius 3 is 3.14 bits per heavy atom. The molecule has 0 amide bonds. The van der Waals surface area contributed by atoms with Crippen molar-refractivity contribution in [3.8, 4) is 0 Å². The van der Waals surface area contributed by atoms with Gasteiger partial charge in [-0.1, -0.05) is 0 Å². The Kier molecular flexibility index (Phi) is 1.91. The molecule has 72 valence electrons. The number of nitrogens with zero attached hydrogens (tertiary/aromatic N) is 1. The molecule has 0 saturated carbocycles. The standard InChI is InChI=1S/C9H7IN2OS/c10-9-11-7(13)6-4-2-1-3-5(4)14-8(6)12-9/h1-3H2,(H,11,12,13). The number of aryl methyl sites for hydroxylation is 2. The van der Waals surface area contributed by atoms with E-state index in [4.69, 9.17) is 0 Å². The lowest BCUT2D eigenvalue weighted by Gasteiger charge is -1.93. The van der Waals surface area contributed by atoms with E-state index in [1.54, 1.807) is 11.3 Å². The molecule has 0 aromatic carbocycles. The molecule has 1 aliphatic carbocycles. The zero-order chi connectivity index (χ0) is 9.71. The molecule has 0 aliphatic heterocycles. The quantitative estimate of drug-likeness (QED) is 0.597. The Morgan fingerprint density at radius 1 is 1.43 bits per heavy atom. The van der Waals surface area contributed by atoms with Gasteiger partial charge >= 0.3 is 0 Å². The lowest BCUT2D eigenvalue weighted by molar-refractivity contribution is 0.916. The molecule has 0 atom stereocenters. The Hall–Kier alpha value is -0.430. The molecule has 1 N–H and O–H groups in total. The summed E-state index contributed by atoms with van der Waals surface area (Å²) in [6.45, 7) is 0. The Balaban J connectivity index is 2.50.